The molecule has 0 unspecified atom stereocenters. The van der Waals surface area contributed by atoms with Gasteiger partial charge in [-0.2, -0.15) is 4.98 Å². The lowest BCUT2D eigenvalue weighted by atomic mass is 9.86. The first-order valence-electron chi connectivity index (χ1n) is 15.5. The second-order valence-electron chi connectivity index (χ2n) is 13.3. The number of nitrogens with zero attached hydrogens (tertiary/aromatic N) is 4. The second kappa shape index (κ2) is 14.7. The first kappa shape index (κ1) is 37.0. The molecule has 1 saturated heterocycles. The molecule has 0 saturated carbocycles. The lowest BCUT2D eigenvalue weighted by Gasteiger charge is -2.33. The van der Waals surface area contributed by atoms with Gasteiger partial charge in [-0.25, -0.2) is 18.2 Å². The van der Waals surface area contributed by atoms with Gasteiger partial charge in [0, 0.05) is 30.9 Å². The maximum atomic E-state index is 13.6. The molecule has 1 amide bonds. The molecule has 0 aliphatic carbocycles. The van der Waals surface area contributed by atoms with Gasteiger partial charge in [0.15, 0.2) is 17.2 Å². The fourth-order valence-corrected chi connectivity index (χ4v) is 5.30. The summed E-state index contributed by atoms with van der Waals surface area (Å²) >= 11 is 0. The van der Waals surface area contributed by atoms with Crippen LogP contribution in [0.5, 0.6) is 23.1 Å². The van der Waals surface area contributed by atoms with Crippen molar-refractivity contribution in [2.75, 3.05) is 61.6 Å². The van der Waals surface area contributed by atoms with E-state index in [0.717, 1.165) is 11.8 Å². The fraction of sp³-hybridized carbons (Fsp3) is 0.455. The Hall–Kier alpha value is -4.83. The highest BCUT2D eigenvalue weighted by Crippen LogP contribution is 2.40. The molecule has 1 aliphatic rings. The van der Waals surface area contributed by atoms with Crippen LogP contribution in [0.2, 0.25) is 0 Å². The Labute approximate surface area is 286 Å². The number of carbonyl (C=O) groups is 2. The van der Waals surface area contributed by atoms with Crippen molar-refractivity contribution in [1.82, 2.24) is 15.0 Å². The van der Waals surface area contributed by atoms with Crippen LogP contribution in [0.25, 0.3) is 0 Å². The van der Waals surface area contributed by atoms with Gasteiger partial charge in [0.25, 0.3) is 5.91 Å². The molecule has 0 bridgehead atoms. The molecule has 16 heteroatoms. The van der Waals surface area contributed by atoms with Crippen molar-refractivity contribution in [3.63, 3.8) is 0 Å². The zero-order valence-electron chi connectivity index (χ0n) is 29.2. The minimum absolute atomic E-state index is 0.155. The number of ether oxygens (including phenoxy) is 4. The van der Waals surface area contributed by atoms with Gasteiger partial charge in [-0.3, -0.25) is 9.52 Å². The third-order valence-electron chi connectivity index (χ3n) is 7.07. The van der Waals surface area contributed by atoms with Crippen LogP contribution in [0.15, 0.2) is 42.6 Å². The maximum Gasteiger partial charge on any atom is 0.528 e. The van der Waals surface area contributed by atoms with E-state index >= 15 is 0 Å². The van der Waals surface area contributed by atoms with E-state index in [1.165, 1.54) is 25.3 Å². The van der Waals surface area contributed by atoms with Crippen molar-refractivity contribution in [2.45, 2.75) is 52.6 Å². The maximum absolute atomic E-state index is 13.6. The molecule has 0 radical (unpaired) electrons. The summed E-state index contributed by atoms with van der Waals surface area (Å²) in [6, 6.07) is 9.69. The van der Waals surface area contributed by atoms with Crippen LogP contribution in [-0.4, -0.2) is 87.8 Å². The number of sulfonamides is 1. The third kappa shape index (κ3) is 10.3. The molecule has 2 heterocycles. The number of anilines is 3. The molecule has 266 valence electrons. The smallest absolute Gasteiger partial charge is 0.493 e. The molecule has 4 rings (SSSR count). The largest absolute Gasteiger partial charge is 0.528 e. The molecule has 1 aromatic heterocycles. The number of hydrogen-bond donors (Lipinski definition) is 2. The van der Waals surface area contributed by atoms with E-state index in [4.69, 9.17) is 23.8 Å². The van der Waals surface area contributed by atoms with Gasteiger partial charge in [-0.15, -0.1) is 5.06 Å². The van der Waals surface area contributed by atoms with Gasteiger partial charge in [-0.1, -0.05) is 20.8 Å². The zero-order valence-corrected chi connectivity index (χ0v) is 30.1. The molecule has 15 nitrogen and oxygen atoms in total. The Bertz CT molecular complexity index is 1780. The molecule has 1 aliphatic heterocycles. The zero-order chi connectivity index (χ0) is 36.1. The lowest BCUT2D eigenvalue weighted by Crippen LogP contribution is -2.48. The Kier molecular flexibility index (Phi) is 11.1. The first-order chi connectivity index (χ1) is 22.8. The quantitative estimate of drug-likeness (QED) is 0.265. The van der Waals surface area contributed by atoms with Crippen LogP contribution in [-0.2, 0) is 25.0 Å². The number of benzene rings is 2. The van der Waals surface area contributed by atoms with Crippen LogP contribution in [0.4, 0.5) is 22.1 Å². The first-order valence-corrected chi connectivity index (χ1v) is 17.4. The number of piperazine rings is 1. The number of rotatable bonds is 10. The Morgan fingerprint density at radius 2 is 1.55 bits per heavy atom. The van der Waals surface area contributed by atoms with Crippen LogP contribution in [0, 0.1) is 0 Å². The highest BCUT2D eigenvalue weighted by atomic mass is 32.2. The molecule has 2 N–H and O–H groups in total. The van der Waals surface area contributed by atoms with Gasteiger partial charge >= 0.3 is 6.16 Å². The molecule has 0 atom stereocenters. The van der Waals surface area contributed by atoms with E-state index in [0.29, 0.717) is 37.9 Å². The molecule has 2 aromatic carbocycles. The lowest BCUT2D eigenvalue weighted by molar-refractivity contribution is -0.144. The standard InChI is InChI=1S/C33H44N6O9S/c1-32(2,3)22-19-23(28(45-8)24(20-22)37-49(9,42)43)35-29(40)21-10-11-25(44-7)26(18-21)46-27-12-13-34-30(36-27)38-14-16-39(17-15-38)48-31(41)47-33(4,5)6/h10-13,18-20,37H,14-17H2,1-9H3,(H,35,40). The summed E-state index contributed by atoms with van der Waals surface area (Å²) in [6.45, 7) is 13.0. The number of carbonyl (C=O) groups excluding carboxylic acids is 2. The normalized spacial score (nSPS) is 14.1. The van der Waals surface area contributed by atoms with E-state index in [1.54, 1.807) is 57.3 Å². The van der Waals surface area contributed by atoms with Crippen molar-refractivity contribution in [3.8, 4) is 23.1 Å². The van der Waals surface area contributed by atoms with Crippen molar-refractivity contribution in [2.24, 2.45) is 0 Å². The summed E-state index contributed by atoms with van der Waals surface area (Å²) in [5.74, 6) is 0.859. The van der Waals surface area contributed by atoms with E-state index in [9.17, 15) is 18.0 Å². The van der Waals surface area contributed by atoms with E-state index in [-0.39, 0.29) is 39.7 Å². The molecular formula is C33H44N6O9S. The Morgan fingerprint density at radius 3 is 2.14 bits per heavy atom. The summed E-state index contributed by atoms with van der Waals surface area (Å²) in [5.41, 5.74) is 0.439. The summed E-state index contributed by atoms with van der Waals surface area (Å²) in [6.07, 6.45) is 1.84. The van der Waals surface area contributed by atoms with E-state index in [2.05, 4.69) is 20.0 Å². The summed E-state index contributed by atoms with van der Waals surface area (Å²) < 4.78 is 49.1. The summed E-state index contributed by atoms with van der Waals surface area (Å²) in [4.78, 5) is 41.8. The number of hydroxylamine groups is 2. The molecule has 0 spiro atoms. The number of hydrogen-bond acceptors (Lipinski definition) is 13. The van der Waals surface area contributed by atoms with Crippen LogP contribution in [0.3, 0.4) is 0 Å². The highest BCUT2D eigenvalue weighted by molar-refractivity contribution is 7.92. The monoisotopic (exact) mass is 700 g/mol. The van der Waals surface area contributed by atoms with E-state index < -0.39 is 27.7 Å². The second-order valence-corrected chi connectivity index (χ2v) is 15.1. The predicted octanol–water partition coefficient (Wildman–Crippen LogP) is 5.20. The highest BCUT2D eigenvalue weighted by Gasteiger charge is 2.26. The molecule has 49 heavy (non-hydrogen) atoms. The molecule has 3 aromatic rings. The predicted molar refractivity (Wildman–Crippen MR) is 184 cm³/mol. The summed E-state index contributed by atoms with van der Waals surface area (Å²) in [5, 5.41) is 4.38. The van der Waals surface area contributed by atoms with Crippen molar-refractivity contribution in [3.05, 3.63) is 53.7 Å². The van der Waals surface area contributed by atoms with Crippen LogP contribution >= 0.6 is 0 Å². The average molecular weight is 701 g/mol. The minimum atomic E-state index is -3.65. The summed E-state index contributed by atoms with van der Waals surface area (Å²) in [7, 11) is -0.778. The fourth-order valence-electron chi connectivity index (χ4n) is 4.75. The van der Waals surface area contributed by atoms with Gasteiger partial charge in [0.05, 0.1) is 44.9 Å². The van der Waals surface area contributed by atoms with Gasteiger partial charge in [0.2, 0.25) is 21.9 Å². The van der Waals surface area contributed by atoms with Gasteiger partial charge < -0.3 is 34.0 Å². The molecule has 1 fully saturated rings. The van der Waals surface area contributed by atoms with Crippen molar-refractivity contribution < 1.29 is 41.8 Å². The van der Waals surface area contributed by atoms with Crippen molar-refractivity contribution >= 4 is 39.4 Å². The number of amides is 1. The van der Waals surface area contributed by atoms with Crippen LogP contribution in [0.1, 0.15) is 57.5 Å². The average Bonchev–Trinajstić information content (AvgIpc) is 2.99. The number of aromatic nitrogens is 2. The SMILES string of the molecule is COc1ccc(C(=O)Nc2cc(C(C)(C)C)cc(NS(C)(=O)=O)c2OC)cc1Oc1ccnc(N2CCN(OC(=O)OC(C)(C)C)CC2)n1. The minimum Gasteiger partial charge on any atom is -0.493 e. The van der Waals surface area contributed by atoms with Gasteiger partial charge in [0.1, 0.15) is 5.60 Å². The van der Waals surface area contributed by atoms with E-state index in [1.807, 2.05) is 25.7 Å². The Balaban J connectivity index is 1.52. The van der Waals surface area contributed by atoms with Crippen LogP contribution < -0.4 is 29.1 Å². The Morgan fingerprint density at radius 1 is 0.878 bits per heavy atom. The number of methoxy groups -OCH3 is 2. The topological polar surface area (TPSA) is 171 Å². The molecular weight excluding hydrogens is 656 g/mol. The third-order valence-corrected chi connectivity index (χ3v) is 7.67. The number of nitrogens with one attached hydrogen (secondary N) is 2. The van der Waals surface area contributed by atoms with Crippen molar-refractivity contribution in [1.29, 1.82) is 0 Å². The van der Waals surface area contributed by atoms with Gasteiger partial charge in [-0.05, 0) is 62.1 Å².